The highest BCUT2D eigenvalue weighted by atomic mass is 15.3. The third-order valence-electron chi connectivity index (χ3n) is 2.82. The first-order valence-electron chi connectivity index (χ1n) is 6.31. The van der Waals surface area contributed by atoms with Crippen LogP contribution in [0, 0.1) is 0 Å². The molecular weight excluding hydrogens is 252 g/mol. The van der Waals surface area contributed by atoms with E-state index in [-0.39, 0.29) is 0 Å². The summed E-state index contributed by atoms with van der Waals surface area (Å²) in [6.45, 7) is 1.41. The van der Waals surface area contributed by atoms with Crippen molar-refractivity contribution in [1.82, 2.24) is 24.7 Å². The fourth-order valence-electron chi connectivity index (χ4n) is 1.87. The normalized spacial score (nSPS) is 10.4. The second kappa shape index (κ2) is 5.92. The van der Waals surface area contributed by atoms with Crippen molar-refractivity contribution in [2.24, 2.45) is 0 Å². The molecule has 6 heteroatoms. The number of benzene rings is 1. The Morgan fingerprint density at radius 3 is 2.60 bits per heavy atom. The number of nitrogens with one attached hydrogen (secondary N) is 1. The largest absolute Gasteiger partial charge is 0.350 e. The van der Waals surface area contributed by atoms with E-state index in [4.69, 9.17) is 0 Å². The number of hydrogen-bond donors (Lipinski definition) is 1. The summed E-state index contributed by atoms with van der Waals surface area (Å²) in [5.41, 5.74) is 2.31. The lowest BCUT2D eigenvalue weighted by molar-refractivity contribution is 0.686. The van der Waals surface area contributed by atoms with Gasteiger partial charge in [-0.15, -0.1) is 0 Å². The van der Waals surface area contributed by atoms with E-state index < -0.39 is 0 Å². The van der Waals surface area contributed by atoms with Crippen LogP contribution in [0.4, 0.5) is 5.95 Å². The molecule has 3 aromatic rings. The molecule has 0 aliphatic heterocycles. The maximum atomic E-state index is 4.35. The summed E-state index contributed by atoms with van der Waals surface area (Å²) in [4.78, 5) is 11.8. The van der Waals surface area contributed by atoms with Gasteiger partial charge in [0.2, 0.25) is 5.95 Å². The van der Waals surface area contributed by atoms with Gasteiger partial charge in [0, 0.05) is 18.3 Å². The van der Waals surface area contributed by atoms with Crippen molar-refractivity contribution in [3.63, 3.8) is 0 Å². The van der Waals surface area contributed by atoms with Gasteiger partial charge in [-0.25, -0.2) is 15.0 Å². The van der Waals surface area contributed by atoms with Crippen molar-refractivity contribution in [2.45, 2.75) is 13.1 Å². The molecule has 0 saturated carbocycles. The van der Waals surface area contributed by atoms with E-state index in [1.807, 2.05) is 35.3 Å². The van der Waals surface area contributed by atoms with Crippen LogP contribution < -0.4 is 5.32 Å². The van der Waals surface area contributed by atoms with E-state index in [2.05, 4.69) is 37.5 Å². The highest BCUT2D eigenvalue weighted by molar-refractivity contribution is 5.23. The lowest BCUT2D eigenvalue weighted by atomic mass is 10.2. The standard InChI is InChI=1S/C14H14N6/c1-2-4-12(5-3-1)8-20-9-13(7-19-20)6-16-14-17-10-15-11-18-14/h1-5,7,9-11H,6,8H2,(H,15,16,17,18). The van der Waals surface area contributed by atoms with Crippen LogP contribution in [-0.4, -0.2) is 24.7 Å². The molecule has 6 nitrogen and oxygen atoms in total. The summed E-state index contributed by atoms with van der Waals surface area (Å²) in [5.74, 6) is 0.566. The fourth-order valence-corrected chi connectivity index (χ4v) is 1.87. The van der Waals surface area contributed by atoms with Crippen LogP contribution >= 0.6 is 0 Å². The molecule has 0 aliphatic rings. The number of nitrogens with zero attached hydrogens (tertiary/aromatic N) is 5. The van der Waals surface area contributed by atoms with Crippen molar-refractivity contribution < 1.29 is 0 Å². The summed E-state index contributed by atoms with van der Waals surface area (Å²) in [5, 5.41) is 7.47. The monoisotopic (exact) mass is 266 g/mol. The van der Waals surface area contributed by atoms with Gasteiger partial charge in [0.15, 0.2) is 0 Å². The molecule has 2 heterocycles. The van der Waals surface area contributed by atoms with Gasteiger partial charge in [0.1, 0.15) is 12.7 Å². The molecule has 0 amide bonds. The third kappa shape index (κ3) is 3.17. The van der Waals surface area contributed by atoms with E-state index in [0.29, 0.717) is 12.5 Å². The van der Waals surface area contributed by atoms with E-state index in [1.165, 1.54) is 18.2 Å². The molecule has 3 rings (SSSR count). The predicted molar refractivity (Wildman–Crippen MR) is 74.9 cm³/mol. The second-order valence-corrected chi connectivity index (χ2v) is 4.35. The number of anilines is 1. The lowest BCUT2D eigenvalue weighted by Gasteiger charge is -2.02. The Kier molecular flexibility index (Phi) is 3.64. The minimum Gasteiger partial charge on any atom is -0.350 e. The highest BCUT2D eigenvalue weighted by Crippen LogP contribution is 2.05. The molecule has 20 heavy (non-hydrogen) atoms. The molecule has 0 aliphatic carbocycles. The number of hydrogen-bond acceptors (Lipinski definition) is 5. The topological polar surface area (TPSA) is 68.5 Å². The van der Waals surface area contributed by atoms with E-state index in [0.717, 1.165) is 12.1 Å². The Hall–Kier alpha value is -2.76. The molecule has 0 atom stereocenters. The molecule has 1 N–H and O–H groups in total. The fraction of sp³-hybridized carbons (Fsp3) is 0.143. The highest BCUT2D eigenvalue weighted by Gasteiger charge is 2.00. The van der Waals surface area contributed by atoms with Crippen LogP contribution in [0.15, 0.2) is 55.4 Å². The van der Waals surface area contributed by atoms with Crippen molar-refractivity contribution in [2.75, 3.05) is 5.32 Å². The van der Waals surface area contributed by atoms with Gasteiger partial charge in [-0.2, -0.15) is 5.10 Å². The molecule has 0 fully saturated rings. The summed E-state index contributed by atoms with van der Waals surface area (Å²) in [6, 6.07) is 10.2. The number of rotatable bonds is 5. The molecular formula is C14H14N6. The maximum Gasteiger partial charge on any atom is 0.225 e. The zero-order valence-electron chi connectivity index (χ0n) is 10.8. The Bertz CT molecular complexity index is 650. The van der Waals surface area contributed by atoms with Gasteiger partial charge in [0.05, 0.1) is 12.7 Å². The molecule has 0 unspecified atom stereocenters. The van der Waals surface area contributed by atoms with E-state index in [9.17, 15) is 0 Å². The summed E-state index contributed by atoms with van der Waals surface area (Å²) in [7, 11) is 0. The lowest BCUT2D eigenvalue weighted by Crippen LogP contribution is -2.03. The first kappa shape index (κ1) is 12.3. The zero-order valence-corrected chi connectivity index (χ0v) is 10.8. The average Bonchev–Trinajstić information content (AvgIpc) is 2.95. The molecule has 100 valence electrons. The van der Waals surface area contributed by atoms with Gasteiger partial charge < -0.3 is 5.32 Å². The maximum absolute atomic E-state index is 4.35. The molecule has 0 spiro atoms. The molecule has 0 bridgehead atoms. The van der Waals surface area contributed by atoms with Crippen LogP contribution in [0.3, 0.4) is 0 Å². The first-order chi connectivity index (χ1) is 9.90. The Labute approximate surface area is 116 Å². The van der Waals surface area contributed by atoms with Gasteiger partial charge in [-0.3, -0.25) is 4.68 Å². The van der Waals surface area contributed by atoms with Gasteiger partial charge in [0.25, 0.3) is 0 Å². The van der Waals surface area contributed by atoms with E-state index in [1.54, 1.807) is 0 Å². The van der Waals surface area contributed by atoms with Gasteiger partial charge in [-0.1, -0.05) is 30.3 Å². The molecule has 0 radical (unpaired) electrons. The summed E-state index contributed by atoms with van der Waals surface area (Å²) < 4.78 is 1.92. The Morgan fingerprint density at radius 1 is 1.00 bits per heavy atom. The minimum atomic E-state index is 0.566. The molecule has 0 saturated heterocycles. The third-order valence-corrected chi connectivity index (χ3v) is 2.82. The van der Waals surface area contributed by atoms with Crippen molar-refractivity contribution >= 4 is 5.95 Å². The molecule has 2 aromatic heterocycles. The van der Waals surface area contributed by atoms with Gasteiger partial charge in [-0.05, 0) is 5.56 Å². The summed E-state index contributed by atoms with van der Waals surface area (Å²) >= 11 is 0. The van der Waals surface area contributed by atoms with Crippen molar-refractivity contribution in [1.29, 1.82) is 0 Å². The quantitative estimate of drug-likeness (QED) is 0.761. The van der Waals surface area contributed by atoms with Crippen molar-refractivity contribution in [3.05, 3.63) is 66.5 Å². The van der Waals surface area contributed by atoms with Crippen LogP contribution in [-0.2, 0) is 13.1 Å². The smallest absolute Gasteiger partial charge is 0.225 e. The minimum absolute atomic E-state index is 0.566. The first-order valence-corrected chi connectivity index (χ1v) is 6.31. The Balaban J connectivity index is 1.60. The van der Waals surface area contributed by atoms with Gasteiger partial charge >= 0.3 is 0 Å². The van der Waals surface area contributed by atoms with Crippen LogP contribution in [0.25, 0.3) is 0 Å². The zero-order chi connectivity index (χ0) is 13.6. The summed E-state index contributed by atoms with van der Waals surface area (Å²) in [6.07, 6.45) is 6.79. The SMILES string of the molecule is c1ccc(Cn2cc(CNc3ncncn3)cn2)cc1. The molecule has 1 aromatic carbocycles. The average molecular weight is 266 g/mol. The Morgan fingerprint density at radius 2 is 1.80 bits per heavy atom. The number of aromatic nitrogens is 5. The second-order valence-electron chi connectivity index (χ2n) is 4.35. The predicted octanol–water partition coefficient (Wildman–Crippen LogP) is 1.73. The van der Waals surface area contributed by atoms with Crippen LogP contribution in [0.2, 0.25) is 0 Å². The van der Waals surface area contributed by atoms with Crippen molar-refractivity contribution in [3.8, 4) is 0 Å². The van der Waals surface area contributed by atoms with E-state index >= 15 is 0 Å². The van der Waals surface area contributed by atoms with Crippen LogP contribution in [0.1, 0.15) is 11.1 Å². The van der Waals surface area contributed by atoms with Crippen LogP contribution in [0.5, 0.6) is 0 Å².